The van der Waals surface area contributed by atoms with Crippen molar-refractivity contribution in [2.24, 2.45) is 5.41 Å². The van der Waals surface area contributed by atoms with E-state index in [1.165, 1.54) is 0 Å². The van der Waals surface area contributed by atoms with Crippen LogP contribution in [0.2, 0.25) is 0 Å². The number of nitrogens with zero attached hydrogens (tertiary/aromatic N) is 1. The highest BCUT2D eigenvalue weighted by atomic mass is 16.5. The van der Waals surface area contributed by atoms with Crippen LogP contribution in [-0.4, -0.2) is 49.7 Å². The number of likely N-dealkylation sites (tertiary alicyclic amines) is 1. The molecule has 0 aromatic carbocycles. The lowest BCUT2D eigenvalue weighted by Gasteiger charge is -2.27. The summed E-state index contributed by atoms with van der Waals surface area (Å²) >= 11 is 0. The number of unbranched alkanes of at least 4 members (excludes halogenated alkanes) is 1. The Hall–Kier alpha value is -1.05. The lowest BCUT2D eigenvalue weighted by Crippen LogP contribution is -2.37. The molecule has 0 aromatic rings. The van der Waals surface area contributed by atoms with E-state index in [1.807, 2.05) is 11.8 Å². The molecule has 4 heteroatoms. The van der Waals surface area contributed by atoms with Crippen molar-refractivity contribution in [3.8, 4) is 11.8 Å². The van der Waals surface area contributed by atoms with Crippen molar-refractivity contribution in [2.45, 2.75) is 59.5 Å². The van der Waals surface area contributed by atoms with Gasteiger partial charge >= 0.3 is 0 Å². The zero-order chi connectivity index (χ0) is 16.4. The summed E-state index contributed by atoms with van der Waals surface area (Å²) in [7, 11) is 0. The fourth-order valence-corrected chi connectivity index (χ4v) is 2.62. The second-order valence-corrected chi connectivity index (χ2v) is 6.85. The van der Waals surface area contributed by atoms with Gasteiger partial charge in [0.1, 0.15) is 0 Å². The summed E-state index contributed by atoms with van der Waals surface area (Å²) in [4.78, 5) is 14.4. The van der Waals surface area contributed by atoms with Crippen molar-refractivity contribution in [3.63, 3.8) is 0 Å². The first-order valence-electron chi connectivity index (χ1n) is 8.48. The Kier molecular flexibility index (Phi) is 8.52. The van der Waals surface area contributed by atoms with E-state index in [2.05, 4.69) is 37.9 Å². The molecular weight excluding hydrogens is 276 g/mol. The van der Waals surface area contributed by atoms with Gasteiger partial charge in [0.05, 0.1) is 12.6 Å². The molecule has 1 unspecified atom stereocenters. The average molecular weight is 308 g/mol. The molecule has 1 heterocycles. The normalized spacial score (nSPS) is 18.2. The van der Waals surface area contributed by atoms with Gasteiger partial charge in [-0.1, -0.05) is 33.1 Å². The maximum atomic E-state index is 12.4. The van der Waals surface area contributed by atoms with Gasteiger partial charge in [0.25, 0.3) is 0 Å². The molecule has 0 saturated carbocycles. The van der Waals surface area contributed by atoms with E-state index in [9.17, 15) is 4.79 Å². The van der Waals surface area contributed by atoms with Crippen LogP contribution in [0.15, 0.2) is 0 Å². The molecular formula is C18H32N2O2. The molecule has 1 amide bonds. The van der Waals surface area contributed by atoms with Crippen molar-refractivity contribution in [1.82, 2.24) is 10.2 Å². The van der Waals surface area contributed by atoms with Crippen LogP contribution < -0.4 is 5.32 Å². The SMILES string of the molecule is CC#CCNCC(C)(C)CC(=O)N1CCC(OCCCC)C1. The molecule has 0 bridgehead atoms. The van der Waals surface area contributed by atoms with Crippen LogP contribution >= 0.6 is 0 Å². The maximum absolute atomic E-state index is 12.4. The van der Waals surface area contributed by atoms with E-state index in [4.69, 9.17) is 4.74 Å². The second-order valence-electron chi connectivity index (χ2n) is 6.85. The average Bonchev–Trinajstić information content (AvgIpc) is 2.92. The monoisotopic (exact) mass is 308 g/mol. The summed E-state index contributed by atoms with van der Waals surface area (Å²) in [5.74, 6) is 6.10. The van der Waals surface area contributed by atoms with E-state index >= 15 is 0 Å². The predicted molar refractivity (Wildman–Crippen MR) is 90.6 cm³/mol. The molecule has 4 nitrogen and oxygen atoms in total. The Morgan fingerprint density at radius 1 is 1.45 bits per heavy atom. The first-order chi connectivity index (χ1) is 10.5. The van der Waals surface area contributed by atoms with E-state index in [1.54, 1.807) is 0 Å². The number of nitrogens with one attached hydrogen (secondary N) is 1. The van der Waals surface area contributed by atoms with Gasteiger partial charge < -0.3 is 15.0 Å². The Morgan fingerprint density at radius 2 is 2.23 bits per heavy atom. The van der Waals surface area contributed by atoms with E-state index < -0.39 is 0 Å². The maximum Gasteiger partial charge on any atom is 0.223 e. The third kappa shape index (κ3) is 7.29. The number of amides is 1. The van der Waals surface area contributed by atoms with Crippen LogP contribution in [-0.2, 0) is 9.53 Å². The first kappa shape index (κ1) is 19.0. The van der Waals surface area contributed by atoms with Crippen LogP contribution in [0.25, 0.3) is 0 Å². The number of hydrogen-bond acceptors (Lipinski definition) is 3. The summed E-state index contributed by atoms with van der Waals surface area (Å²) in [6, 6.07) is 0. The molecule has 1 aliphatic heterocycles. The van der Waals surface area contributed by atoms with Gasteiger partial charge in [-0.2, -0.15) is 0 Å². The van der Waals surface area contributed by atoms with Crippen LogP contribution in [0, 0.1) is 17.3 Å². The molecule has 1 atom stereocenters. The van der Waals surface area contributed by atoms with Gasteiger partial charge in [0, 0.05) is 32.7 Å². The molecule has 1 fully saturated rings. The summed E-state index contributed by atoms with van der Waals surface area (Å²) in [5.41, 5.74) is -0.0480. The van der Waals surface area contributed by atoms with Crippen molar-refractivity contribution in [3.05, 3.63) is 0 Å². The van der Waals surface area contributed by atoms with Crippen LogP contribution in [0.4, 0.5) is 0 Å². The number of carbonyl (C=O) groups excluding carboxylic acids is 1. The van der Waals surface area contributed by atoms with Gasteiger partial charge in [-0.3, -0.25) is 4.79 Å². The number of ether oxygens (including phenoxy) is 1. The summed E-state index contributed by atoms with van der Waals surface area (Å²) in [6.07, 6.45) is 4.03. The standard InChI is InChI=1S/C18H32N2O2/c1-5-7-10-19-15-18(3,4)13-17(21)20-11-9-16(14-20)22-12-8-6-2/h16,19H,6,8-15H2,1-4H3. The minimum atomic E-state index is -0.0480. The Labute approximate surface area is 136 Å². The fourth-order valence-electron chi connectivity index (χ4n) is 2.62. The zero-order valence-electron chi connectivity index (χ0n) is 14.7. The lowest BCUT2D eigenvalue weighted by molar-refractivity contribution is -0.132. The van der Waals surface area contributed by atoms with Gasteiger partial charge in [-0.05, 0) is 25.2 Å². The lowest BCUT2D eigenvalue weighted by atomic mass is 9.88. The Morgan fingerprint density at radius 3 is 2.91 bits per heavy atom. The van der Waals surface area contributed by atoms with E-state index in [0.29, 0.717) is 13.0 Å². The number of carbonyl (C=O) groups is 1. The van der Waals surface area contributed by atoms with Crippen molar-refractivity contribution < 1.29 is 9.53 Å². The summed E-state index contributed by atoms with van der Waals surface area (Å²) < 4.78 is 5.82. The van der Waals surface area contributed by atoms with Gasteiger partial charge in [0.15, 0.2) is 0 Å². The first-order valence-corrected chi connectivity index (χ1v) is 8.48. The minimum absolute atomic E-state index is 0.0480. The highest BCUT2D eigenvalue weighted by Gasteiger charge is 2.30. The third-order valence-electron chi connectivity index (χ3n) is 3.97. The third-order valence-corrected chi connectivity index (χ3v) is 3.97. The molecule has 0 aliphatic carbocycles. The van der Waals surface area contributed by atoms with Gasteiger partial charge in [0.2, 0.25) is 5.91 Å². The molecule has 0 spiro atoms. The quantitative estimate of drug-likeness (QED) is 0.525. The largest absolute Gasteiger partial charge is 0.376 e. The van der Waals surface area contributed by atoms with Crippen molar-refractivity contribution >= 4 is 5.91 Å². The van der Waals surface area contributed by atoms with Crippen LogP contribution in [0.3, 0.4) is 0 Å². The Bertz CT molecular complexity index is 396. The molecule has 1 rings (SSSR count). The summed E-state index contributed by atoms with van der Waals surface area (Å²) in [6.45, 7) is 12.2. The molecule has 1 aliphatic rings. The fraction of sp³-hybridized carbons (Fsp3) is 0.833. The number of rotatable bonds is 9. The topological polar surface area (TPSA) is 41.6 Å². The highest BCUT2D eigenvalue weighted by molar-refractivity contribution is 5.77. The minimum Gasteiger partial charge on any atom is -0.376 e. The van der Waals surface area contributed by atoms with E-state index in [0.717, 1.165) is 45.5 Å². The van der Waals surface area contributed by atoms with Crippen LogP contribution in [0.5, 0.6) is 0 Å². The molecule has 0 radical (unpaired) electrons. The molecule has 22 heavy (non-hydrogen) atoms. The molecule has 1 N–H and O–H groups in total. The smallest absolute Gasteiger partial charge is 0.223 e. The predicted octanol–water partition coefficient (Wildman–Crippen LogP) is 2.43. The van der Waals surface area contributed by atoms with E-state index in [-0.39, 0.29) is 17.4 Å². The van der Waals surface area contributed by atoms with Crippen molar-refractivity contribution in [1.29, 1.82) is 0 Å². The van der Waals surface area contributed by atoms with Crippen molar-refractivity contribution in [2.75, 3.05) is 32.8 Å². The Balaban J connectivity index is 2.30. The second kappa shape index (κ2) is 9.86. The highest BCUT2D eigenvalue weighted by Crippen LogP contribution is 2.23. The van der Waals surface area contributed by atoms with Gasteiger partial charge in [-0.15, -0.1) is 5.92 Å². The molecule has 1 saturated heterocycles. The molecule has 0 aromatic heterocycles. The van der Waals surface area contributed by atoms with Gasteiger partial charge in [-0.25, -0.2) is 0 Å². The number of hydrogen-bond donors (Lipinski definition) is 1. The zero-order valence-corrected chi connectivity index (χ0v) is 14.7. The van der Waals surface area contributed by atoms with Crippen LogP contribution in [0.1, 0.15) is 53.4 Å². The summed E-state index contributed by atoms with van der Waals surface area (Å²) in [5, 5.41) is 3.30. The molecule has 126 valence electrons.